The zero-order chi connectivity index (χ0) is 17.5. The quantitative estimate of drug-likeness (QED) is 0.709. The fourth-order valence-corrected chi connectivity index (χ4v) is 3.53. The lowest BCUT2D eigenvalue weighted by molar-refractivity contribution is 0.0111. The zero-order valence-corrected chi connectivity index (χ0v) is 16.2. The lowest BCUT2D eigenvalue weighted by atomic mass is 9.96. The van der Waals surface area contributed by atoms with Gasteiger partial charge in [-0.3, -0.25) is 4.68 Å². The number of likely N-dealkylation sites (tertiary alicyclic amines) is 1. The Morgan fingerprint density at radius 1 is 1.33 bits per heavy atom. The van der Waals surface area contributed by atoms with E-state index in [-0.39, 0.29) is 12.1 Å². The Kier molecular flexibility index (Phi) is 4.60. The van der Waals surface area contributed by atoms with Crippen LogP contribution < -0.4 is 0 Å². The maximum Gasteiger partial charge on any atom is 0.410 e. The minimum atomic E-state index is -0.472. The van der Waals surface area contributed by atoms with Crippen LogP contribution in [0, 0.1) is 5.92 Å². The fourth-order valence-electron chi connectivity index (χ4n) is 3.18. The van der Waals surface area contributed by atoms with Gasteiger partial charge in [0, 0.05) is 29.1 Å². The van der Waals surface area contributed by atoms with E-state index in [0.29, 0.717) is 12.5 Å². The van der Waals surface area contributed by atoms with Gasteiger partial charge in [-0.05, 0) is 45.2 Å². The van der Waals surface area contributed by atoms with E-state index in [1.807, 2.05) is 42.5 Å². The number of carbonyl (C=O) groups is 1. The normalized spacial score (nSPS) is 22.0. The molecule has 1 fully saturated rings. The van der Waals surface area contributed by atoms with E-state index >= 15 is 0 Å². The predicted octanol–water partition coefficient (Wildman–Crippen LogP) is 4.62. The van der Waals surface area contributed by atoms with Crippen LogP contribution in [0.2, 0.25) is 0 Å². The van der Waals surface area contributed by atoms with Crippen LogP contribution in [0.25, 0.3) is 10.9 Å². The first-order valence-electron chi connectivity index (χ1n) is 8.33. The number of ether oxygens (including phenoxy) is 1. The summed E-state index contributed by atoms with van der Waals surface area (Å²) in [5.74, 6) is 0.412. The molecule has 0 bridgehead atoms. The van der Waals surface area contributed by atoms with Gasteiger partial charge in [-0.25, -0.2) is 4.79 Å². The second-order valence-corrected chi connectivity index (χ2v) is 8.61. The third-order valence-electron chi connectivity index (χ3n) is 4.15. The molecule has 2 aromatic rings. The van der Waals surface area contributed by atoms with Crippen molar-refractivity contribution in [3.63, 3.8) is 0 Å². The summed E-state index contributed by atoms with van der Waals surface area (Å²) in [5.41, 5.74) is 0.492. The second-order valence-electron chi connectivity index (χ2n) is 7.69. The van der Waals surface area contributed by atoms with Gasteiger partial charge in [0.15, 0.2) is 0 Å². The van der Waals surface area contributed by atoms with Crippen molar-refractivity contribution in [2.75, 3.05) is 13.1 Å². The molecule has 6 heteroatoms. The Labute approximate surface area is 151 Å². The van der Waals surface area contributed by atoms with Crippen molar-refractivity contribution >= 4 is 32.9 Å². The molecule has 2 atom stereocenters. The molecule has 2 unspecified atom stereocenters. The van der Waals surface area contributed by atoms with Crippen LogP contribution in [-0.2, 0) is 4.74 Å². The third kappa shape index (κ3) is 3.91. The number of hydrogen-bond acceptors (Lipinski definition) is 3. The summed E-state index contributed by atoms with van der Waals surface area (Å²) in [6, 6.07) is 6.27. The van der Waals surface area contributed by atoms with E-state index < -0.39 is 5.60 Å². The highest BCUT2D eigenvalue weighted by Crippen LogP contribution is 2.28. The molecule has 0 aliphatic carbocycles. The number of carbonyl (C=O) groups excluding carboxylic acids is 1. The van der Waals surface area contributed by atoms with Gasteiger partial charge in [0.2, 0.25) is 0 Å². The molecule has 0 N–H and O–H groups in total. The Bertz CT molecular complexity index is 750. The topological polar surface area (TPSA) is 47.4 Å². The van der Waals surface area contributed by atoms with E-state index in [2.05, 4.69) is 35.1 Å². The molecule has 1 aromatic heterocycles. The Hall–Kier alpha value is -1.56. The van der Waals surface area contributed by atoms with Crippen molar-refractivity contribution in [2.45, 2.75) is 45.8 Å². The van der Waals surface area contributed by atoms with Crippen molar-refractivity contribution in [3.8, 4) is 0 Å². The van der Waals surface area contributed by atoms with Gasteiger partial charge in [0.1, 0.15) is 5.60 Å². The first kappa shape index (κ1) is 17.3. The van der Waals surface area contributed by atoms with Crippen molar-refractivity contribution < 1.29 is 9.53 Å². The van der Waals surface area contributed by atoms with Gasteiger partial charge < -0.3 is 9.64 Å². The number of hydrogen-bond donors (Lipinski definition) is 0. The van der Waals surface area contributed by atoms with E-state index in [4.69, 9.17) is 9.84 Å². The average molecular weight is 394 g/mol. The first-order chi connectivity index (χ1) is 11.2. The molecule has 130 valence electrons. The van der Waals surface area contributed by atoms with Gasteiger partial charge >= 0.3 is 6.09 Å². The summed E-state index contributed by atoms with van der Waals surface area (Å²) in [6.45, 7) is 9.23. The van der Waals surface area contributed by atoms with Crippen molar-refractivity contribution in [1.82, 2.24) is 14.7 Å². The van der Waals surface area contributed by atoms with Crippen LogP contribution in [0.15, 0.2) is 28.9 Å². The van der Waals surface area contributed by atoms with E-state index in [1.165, 1.54) is 0 Å². The molecule has 0 radical (unpaired) electrons. The minimum absolute atomic E-state index is 0.174. The number of halogens is 1. The van der Waals surface area contributed by atoms with Crippen LogP contribution in [0.4, 0.5) is 4.79 Å². The smallest absolute Gasteiger partial charge is 0.410 e. The van der Waals surface area contributed by atoms with Crippen LogP contribution in [-0.4, -0.2) is 39.5 Å². The van der Waals surface area contributed by atoms with Gasteiger partial charge in [-0.15, -0.1) is 0 Å². The molecule has 0 spiro atoms. The first-order valence-corrected chi connectivity index (χ1v) is 9.13. The van der Waals surface area contributed by atoms with E-state index in [0.717, 1.165) is 28.3 Å². The lowest BCUT2D eigenvalue weighted by Crippen LogP contribution is -2.46. The second kappa shape index (κ2) is 6.39. The number of aromatic nitrogens is 2. The molecule has 24 heavy (non-hydrogen) atoms. The van der Waals surface area contributed by atoms with E-state index in [1.54, 1.807) is 0 Å². The highest BCUT2D eigenvalue weighted by Gasteiger charge is 2.32. The van der Waals surface area contributed by atoms with Gasteiger partial charge in [-0.2, -0.15) is 5.10 Å². The molecule has 2 heterocycles. The summed E-state index contributed by atoms with van der Waals surface area (Å²) in [4.78, 5) is 14.2. The molecule has 3 rings (SSSR count). The Morgan fingerprint density at radius 2 is 2.08 bits per heavy atom. The highest BCUT2D eigenvalue weighted by atomic mass is 79.9. The molecule has 1 amide bonds. The summed E-state index contributed by atoms with van der Waals surface area (Å²) in [5, 5.41) is 5.82. The lowest BCUT2D eigenvalue weighted by Gasteiger charge is -2.37. The molecule has 1 aromatic carbocycles. The van der Waals surface area contributed by atoms with Gasteiger partial charge in [0.25, 0.3) is 0 Å². The largest absolute Gasteiger partial charge is 0.444 e. The number of rotatable bonds is 1. The van der Waals surface area contributed by atoms with Crippen LogP contribution in [0.5, 0.6) is 0 Å². The minimum Gasteiger partial charge on any atom is -0.444 e. The average Bonchev–Trinajstić information content (AvgIpc) is 2.87. The Morgan fingerprint density at radius 3 is 2.79 bits per heavy atom. The number of benzene rings is 1. The molecule has 1 aliphatic heterocycles. The van der Waals surface area contributed by atoms with Crippen LogP contribution in [0.3, 0.4) is 0 Å². The monoisotopic (exact) mass is 393 g/mol. The maximum atomic E-state index is 12.4. The number of fused-ring (bicyclic) bond motifs is 1. The van der Waals surface area contributed by atoms with Gasteiger partial charge in [0.05, 0.1) is 11.6 Å². The van der Waals surface area contributed by atoms with Crippen molar-refractivity contribution in [2.24, 2.45) is 5.92 Å². The molecule has 5 nitrogen and oxygen atoms in total. The molecular formula is C18H24BrN3O2. The SMILES string of the molecule is CC1CC(n2cc3ccc(Br)cc3n2)CN(C(=O)OC(C)(C)C)C1. The highest BCUT2D eigenvalue weighted by molar-refractivity contribution is 9.10. The standard InChI is InChI=1S/C18H24BrN3O2/c1-12-7-15(11-21(9-12)17(23)24-18(2,3)4)22-10-13-5-6-14(19)8-16(13)20-22/h5-6,8,10,12,15H,7,9,11H2,1-4H3. The summed E-state index contributed by atoms with van der Waals surface area (Å²) in [7, 11) is 0. The van der Waals surface area contributed by atoms with Crippen molar-refractivity contribution in [1.29, 1.82) is 0 Å². The van der Waals surface area contributed by atoms with Crippen LogP contribution in [0.1, 0.15) is 40.2 Å². The number of nitrogens with zero attached hydrogens (tertiary/aromatic N) is 3. The third-order valence-corrected chi connectivity index (χ3v) is 4.64. The summed E-state index contributed by atoms with van der Waals surface area (Å²) in [6.07, 6.45) is 2.84. The summed E-state index contributed by atoms with van der Waals surface area (Å²) >= 11 is 3.49. The predicted molar refractivity (Wildman–Crippen MR) is 98.1 cm³/mol. The van der Waals surface area contributed by atoms with Crippen LogP contribution >= 0.6 is 15.9 Å². The number of piperidine rings is 1. The van der Waals surface area contributed by atoms with E-state index in [9.17, 15) is 4.79 Å². The molecular weight excluding hydrogens is 370 g/mol. The zero-order valence-electron chi connectivity index (χ0n) is 14.6. The Balaban J connectivity index is 1.80. The summed E-state index contributed by atoms with van der Waals surface area (Å²) < 4.78 is 8.56. The maximum absolute atomic E-state index is 12.4. The molecule has 0 saturated carbocycles. The van der Waals surface area contributed by atoms with Crippen molar-refractivity contribution in [3.05, 3.63) is 28.9 Å². The van der Waals surface area contributed by atoms with Gasteiger partial charge in [-0.1, -0.05) is 28.9 Å². The molecule has 1 aliphatic rings. The fraction of sp³-hybridized carbons (Fsp3) is 0.556. The molecule has 1 saturated heterocycles. The number of amides is 1.